The van der Waals surface area contributed by atoms with Gasteiger partial charge in [0.2, 0.25) is 5.91 Å². The van der Waals surface area contributed by atoms with E-state index in [1.165, 1.54) is 54.8 Å². The average Bonchev–Trinajstić information content (AvgIpc) is 3.61. The summed E-state index contributed by atoms with van der Waals surface area (Å²) in [6.45, 7) is 15.7. The van der Waals surface area contributed by atoms with Crippen molar-refractivity contribution in [2.45, 2.75) is 104 Å². The minimum absolute atomic E-state index is 0.0523. The van der Waals surface area contributed by atoms with E-state index in [0.717, 1.165) is 68.7 Å². The average molecular weight is 813 g/mol. The van der Waals surface area contributed by atoms with Crippen LogP contribution in [0.25, 0.3) is 5.57 Å². The van der Waals surface area contributed by atoms with E-state index < -0.39 is 18.4 Å². The Morgan fingerprint density at radius 1 is 1.10 bits per heavy atom. The van der Waals surface area contributed by atoms with E-state index in [1.807, 2.05) is 6.92 Å². The minimum atomic E-state index is -2.81. The van der Waals surface area contributed by atoms with Gasteiger partial charge in [-0.25, -0.2) is 8.78 Å². The normalized spacial score (nSPS) is 15.1. The molecule has 3 N–H and O–H groups in total. The van der Waals surface area contributed by atoms with Crippen LogP contribution in [0.2, 0.25) is 0 Å². The Bertz CT molecular complexity index is 2020. The van der Waals surface area contributed by atoms with Crippen LogP contribution in [0, 0.1) is 0 Å². The first-order valence-corrected chi connectivity index (χ1v) is 20.7. The van der Waals surface area contributed by atoms with Crippen LogP contribution in [0.4, 0.5) is 26.0 Å². The van der Waals surface area contributed by atoms with Crippen molar-refractivity contribution in [3.8, 4) is 0 Å². The molecule has 0 spiro atoms. The molecule has 1 aromatic heterocycles. The van der Waals surface area contributed by atoms with Gasteiger partial charge in [-0.2, -0.15) is 5.10 Å². The van der Waals surface area contributed by atoms with Crippen molar-refractivity contribution in [3.05, 3.63) is 101 Å². The Labute approximate surface area is 348 Å². The second-order valence-electron chi connectivity index (χ2n) is 15.1. The third kappa shape index (κ3) is 10.8. The fourth-order valence-electron chi connectivity index (χ4n) is 7.85. The molecular formula is C46H62F2N8O3. The highest BCUT2D eigenvalue weighted by Crippen LogP contribution is 2.42. The number of nitrogens with one attached hydrogen (secondary N) is 1. The fourth-order valence-corrected chi connectivity index (χ4v) is 7.85. The fraction of sp³-hybridized carbons (Fsp3) is 0.457. The Kier molecular flexibility index (Phi) is 17.3. The molecule has 0 fully saturated rings. The molecule has 2 aliphatic rings. The van der Waals surface area contributed by atoms with Gasteiger partial charge in [0.25, 0.3) is 12.3 Å². The van der Waals surface area contributed by atoms with Crippen LogP contribution in [0.5, 0.6) is 0 Å². The Balaban J connectivity index is 0.00000248. The number of aryl methyl sites for hydroxylation is 1. The second kappa shape index (κ2) is 22.1. The van der Waals surface area contributed by atoms with Crippen LogP contribution < -0.4 is 16.0 Å². The number of halogens is 2. The SMILES string of the molecule is C=CC.C=CCCC(C(=O)NC)N(C)C(=O)c1cc(N=C/C(=C\N)c2cc3c(cc2C(F)F)N(c2nn(C(CC)CCCC)c4c2CN(C)CC4)CCC3)ccc1C=O. The van der Waals surface area contributed by atoms with Gasteiger partial charge in [-0.1, -0.05) is 38.8 Å². The summed E-state index contributed by atoms with van der Waals surface area (Å²) in [7, 11) is 5.10. The van der Waals surface area contributed by atoms with E-state index in [1.54, 1.807) is 30.4 Å². The van der Waals surface area contributed by atoms with Crippen molar-refractivity contribution in [2.24, 2.45) is 10.7 Å². The molecule has 2 aliphatic heterocycles. The number of nitrogens with two attached hydrogens (primary N) is 1. The lowest BCUT2D eigenvalue weighted by molar-refractivity contribution is -0.125. The van der Waals surface area contributed by atoms with Gasteiger partial charge in [-0.15, -0.1) is 13.2 Å². The number of rotatable bonds is 17. The van der Waals surface area contributed by atoms with E-state index in [-0.39, 0.29) is 39.8 Å². The number of aromatic nitrogens is 2. The number of aliphatic imine (C=N–C) groups is 1. The summed E-state index contributed by atoms with van der Waals surface area (Å²) >= 11 is 0. The summed E-state index contributed by atoms with van der Waals surface area (Å²) < 4.78 is 32.3. The van der Waals surface area contributed by atoms with Crippen LogP contribution in [0.3, 0.4) is 0 Å². The first kappa shape index (κ1) is 46.3. The molecule has 13 heteroatoms. The second-order valence-corrected chi connectivity index (χ2v) is 15.1. The predicted molar refractivity (Wildman–Crippen MR) is 235 cm³/mol. The molecule has 11 nitrogen and oxygen atoms in total. The zero-order valence-electron chi connectivity index (χ0n) is 35.6. The summed E-state index contributed by atoms with van der Waals surface area (Å²) in [5.41, 5.74) is 11.0. The maximum absolute atomic E-state index is 15.0. The zero-order valence-corrected chi connectivity index (χ0v) is 35.6. The molecule has 0 saturated heterocycles. The quantitative estimate of drug-likeness (QED) is 0.0792. The van der Waals surface area contributed by atoms with Crippen LogP contribution >= 0.6 is 0 Å². The molecule has 318 valence electrons. The zero-order chi connectivity index (χ0) is 43.2. The van der Waals surface area contributed by atoms with Gasteiger partial charge >= 0.3 is 0 Å². The summed E-state index contributed by atoms with van der Waals surface area (Å²) in [6.07, 6.45) is 11.3. The predicted octanol–water partition coefficient (Wildman–Crippen LogP) is 8.89. The highest BCUT2D eigenvalue weighted by Gasteiger charge is 2.33. The van der Waals surface area contributed by atoms with Crippen molar-refractivity contribution in [1.82, 2.24) is 24.9 Å². The molecule has 3 heterocycles. The number of amides is 2. The molecule has 0 radical (unpaired) electrons. The smallest absolute Gasteiger partial charge is 0.264 e. The van der Waals surface area contributed by atoms with Crippen molar-refractivity contribution < 1.29 is 23.2 Å². The number of nitrogens with zero attached hydrogens (tertiary/aromatic N) is 6. The topological polar surface area (TPSA) is 129 Å². The molecule has 2 atom stereocenters. The largest absolute Gasteiger partial charge is 0.404 e. The van der Waals surface area contributed by atoms with Gasteiger partial charge in [0.15, 0.2) is 12.1 Å². The number of alkyl halides is 2. The molecule has 2 amide bonds. The highest BCUT2D eigenvalue weighted by atomic mass is 19.3. The Morgan fingerprint density at radius 3 is 2.47 bits per heavy atom. The number of anilines is 2. The number of allylic oxidation sites excluding steroid dienone is 3. The van der Waals surface area contributed by atoms with E-state index in [2.05, 4.69) is 58.8 Å². The number of unbranched alkanes of at least 4 members (excludes halogenated alkanes) is 1. The summed E-state index contributed by atoms with van der Waals surface area (Å²) in [5, 5.41) is 7.85. The van der Waals surface area contributed by atoms with E-state index in [4.69, 9.17) is 10.8 Å². The van der Waals surface area contributed by atoms with Crippen molar-refractivity contribution in [3.63, 3.8) is 0 Å². The van der Waals surface area contributed by atoms with Crippen LogP contribution in [0.1, 0.15) is 127 Å². The number of benzene rings is 2. The van der Waals surface area contributed by atoms with Crippen LogP contribution in [-0.2, 0) is 24.2 Å². The summed E-state index contributed by atoms with van der Waals surface area (Å²) in [5.74, 6) is -0.0392. The van der Waals surface area contributed by atoms with E-state index in [9.17, 15) is 14.4 Å². The molecule has 5 rings (SSSR count). The molecule has 0 saturated carbocycles. The van der Waals surface area contributed by atoms with Crippen molar-refractivity contribution >= 4 is 47.1 Å². The monoisotopic (exact) mass is 812 g/mol. The molecule has 3 aromatic rings. The third-order valence-electron chi connectivity index (χ3n) is 11.0. The summed E-state index contributed by atoms with van der Waals surface area (Å²) in [4.78, 5) is 48.5. The number of likely N-dealkylation sites (N-methyl/N-ethyl adjacent to an activating group) is 3. The number of aldehydes is 1. The van der Waals surface area contributed by atoms with Gasteiger partial charge in [-0.05, 0) is 94.0 Å². The van der Waals surface area contributed by atoms with Gasteiger partial charge in [0, 0.05) is 86.2 Å². The van der Waals surface area contributed by atoms with Crippen LogP contribution in [0.15, 0.2) is 66.8 Å². The Hall–Kier alpha value is -5.43. The number of hydrogen-bond acceptors (Lipinski definition) is 8. The number of hydrogen-bond donors (Lipinski definition) is 2. The standard InChI is InChI=1S/C43H56F2N8O3.C3H6/c1-7-10-14-32(9-3)53-37-18-20-50(5)26-36(37)41(49-53)52-19-12-13-28-21-33(35(40(44)45)23-39(28)52)30(24-46)25-48-31-17-16-29(27-54)34(22-31)43(56)51(6)38(15-11-8-2)42(55)47-4;1-3-2/h8,16-17,21-25,27,32,38,40H,2,7,9-15,18-20,26,46H2,1,3-6H3,(H,47,55);3H,1H2,2H3/b30-24+,48-25?;. The molecule has 2 unspecified atom stereocenters. The maximum atomic E-state index is 15.0. The number of fused-ring (bicyclic) bond motifs is 2. The van der Waals surface area contributed by atoms with Crippen molar-refractivity contribution in [1.29, 1.82) is 0 Å². The number of carbonyl (C=O) groups excluding carboxylic acids is 3. The Morgan fingerprint density at radius 2 is 1.85 bits per heavy atom. The van der Waals surface area contributed by atoms with Gasteiger partial charge in [0.1, 0.15) is 6.04 Å². The lowest BCUT2D eigenvalue weighted by Gasteiger charge is -2.33. The lowest BCUT2D eigenvalue weighted by Crippen LogP contribution is -2.47. The third-order valence-corrected chi connectivity index (χ3v) is 11.0. The van der Waals surface area contributed by atoms with Crippen molar-refractivity contribution in [2.75, 3.05) is 39.1 Å². The summed E-state index contributed by atoms with van der Waals surface area (Å²) in [6, 6.07) is 7.34. The lowest BCUT2D eigenvalue weighted by atomic mass is 9.92. The maximum Gasteiger partial charge on any atom is 0.264 e. The highest BCUT2D eigenvalue weighted by molar-refractivity contribution is 6.11. The number of carbonyl (C=O) groups is 3. The first-order valence-electron chi connectivity index (χ1n) is 20.7. The molecule has 0 aliphatic carbocycles. The molecule has 2 aromatic carbocycles. The van der Waals surface area contributed by atoms with Gasteiger partial charge in [0.05, 0.1) is 17.3 Å². The van der Waals surface area contributed by atoms with E-state index in [0.29, 0.717) is 37.8 Å². The van der Waals surface area contributed by atoms with Gasteiger partial charge < -0.3 is 25.8 Å². The first-order chi connectivity index (χ1) is 28.4. The van der Waals surface area contributed by atoms with Gasteiger partial charge in [-0.3, -0.25) is 24.1 Å². The molecular weight excluding hydrogens is 751 g/mol. The molecule has 0 bridgehead atoms. The minimum Gasteiger partial charge on any atom is -0.404 e. The van der Waals surface area contributed by atoms with Crippen LogP contribution in [-0.4, -0.2) is 84.2 Å². The van der Waals surface area contributed by atoms with E-state index >= 15 is 8.78 Å². The molecule has 59 heavy (non-hydrogen) atoms.